The molecule has 0 atom stereocenters. The van der Waals surface area contributed by atoms with E-state index in [1.165, 1.54) is 0 Å². The molecule has 0 bridgehead atoms. The highest BCUT2D eigenvalue weighted by Crippen LogP contribution is 2.22. The minimum atomic E-state index is -3.21. The summed E-state index contributed by atoms with van der Waals surface area (Å²) in [5, 5.41) is 10.1. The lowest BCUT2D eigenvalue weighted by Crippen LogP contribution is -2.27. The van der Waals surface area contributed by atoms with Gasteiger partial charge >= 0.3 is 0 Å². The monoisotopic (exact) mass is 270 g/mol. The summed E-state index contributed by atoms with van der Waals surface area (Å²) in [5.41, 5.74) is -0.716. The summed E-state index contributed by atoms with van der Waals surface area (Å²) >= 11 is 0. The molecule has 1 rings (SSSR count). The van der Waals surface area contributed by atoms with Gasteiger partial charge in [0, 0.05) is 0 Å². The fourth-order valence-corrected chi connectivity index (χ4v) is 3.27. The fourth-order valence-electron chi connectivity index (χ4n) is 1.94. The van der Waals surface area contributed by atoms with Crippen LogP contribution in [0, 0.1) is 0 Å². The molecule has 0 unspecified atom stereocenters. The Hall–Kier alpha value is -0.870. The number of hydrogen-bond donors (Lipinski definition) is 1. The molecule has 0 radical (unpaired) electrons. The average Bonchev–Trinajstić information content (AvgIpc) is 2.39. The van der Waals surface area contributed by atoms with Crippen molar-refractivity contribution in [1.29, 1.82) is 0 Å². The molecule has 0 amide bonds. The molecule has 102 valence electrons. The fraction of sp³-hybridized carbons (Fsp3) is 0.571. The molecule has 18 heavy (non-hydrogen) atoms. The highest BCUT2D eigenvalue weighted by Gasteiger charge is 2.23. The van der Waals surface area contributed by atoms with Gasteiger partial charge in [-0.25, -0.2) is 8.42 Å². The van der Waals surface area contributed by atoms with Gasteiger partial charge in [-0.2, -0.15) is 0 Å². The van der Waals surface area contributed by atoms with Crippen LogP contribution in [0.4, 0.5) is 0 Å². The molecule has 0 saturated heterocycles. The normalized spacial score (nSPS) is 12.6. The first-order chi connectivity index (χ1) is 8.43. The van der Waals surface area contributed by atoms with Crippen molar-refractivity contribution in [3.8, 4) is 0 Å². The van der Waals surface area contributed by atoms with E-state index in [0.29, 0.717) is 30.6 Å². The summed E-state index contributed by atoms with van der Waals surface area (Å²) in [4.78, 5) is 0.363. The summed E-state index contributed by atoms with van der Waals surface area (Å²) in [6, 6.07) is 8.47. The van der Waals surface area contributed by atoms with Gasteiger partial charge in [0.05, 0.1) is 16.2 Å². The molecule has 0 aliphatic carbocycles. The molecular weight excluding hydrogens is 248 g/mol. The lowest BCUT2D eigenvalue weighted by atomic mass is 9.92. The molecule has 0 fully saturated rings. The average molecular weight is 270 g/mol. The van der Waals surface area contributed by atoms with Gasteiger partial charge in [0.1, 0.15) is 0 Å². The van der Waals surface area contributed by atoms with E-state index in [1.54, 1.807) is 30.3 Å². The van der Waals surface area contributed by atoms with E-state index in [9.17, 15) is 13.5 Å². The van der Waals surface area contributed by atoms with Gasteiger partial charge in [0.15, 0.2) is 9.84 Å². The zero-order chi connectivity index (χ0) is 13.6. The molecule has 0 aliphatic heterocycles. The number of hydrogen-bond acceptors (Lipinski definition) is 3. The van der Waals surface area contributed by atoms with E-state index < -0.39 is 15.4 Å². The van der Waals surface area contributed by atoms with Crippen molar-refractivity contribution in [2.75, 3.05) is 5.75 Å². The number of benzene rings is 1. The van der Waals surface area contributed by atoms with E-state index in [1.807, 2.05) is 13.8 Å². The van der Waals surface area contributed by atoms with Crippen LogP contribution < -0.4 is 0 Å². The van der Waals surface area contributed by atoms with Crippen LogP contribution >= 0.6 is 0 Å². The van der Waals surface area contributed by atoms with Crippen molar-refractivity contribution in [3.05, 3.63) is 30.3 Å². The minimum Gasteiger partial charge on any atom is -0.390 e. The van der Waals surface area contributed by atoms with E-state index >= 15 is 0 Å². The zero-order valence-electron chi connectivity index (χ0n) is 11.1. The molecule has 1 aromatic carbocycles. The molecule has 1 N–H and O–H groups in total. The predicted molar refractivity (Wildman–Crippen MR) is 73.3 cm³/mol. The smallest absolute Gasteiger partial charge is 0.178 e. The van der Waals surface area contributed by atoms with Gasteiger partial charge in [-0.1, -0.05) is 32.0 Å². The van der Waals surface area contributed by atoms with Gasteiger partial charge in [0.25, 0.3) is 0 Å². The molecule has 0 aromatic heterocycles. The second-order valence-corrected chi connectivity index (χ2v) is 6.78. The Balaban J connectivity index is 2.59. The third-order valence-corrected chi connectivity index (χ3v) is 5.29. The Morgan fingerprint density at radius 1 is 1.11 bits per heavy atom. The predicted octanol–water partition coefficient (Wildman–Crippen LogP) is 2.79. The lowest BCUT2D eigenvalue weighted by Gasteiger charge is -2.24. The lowest BCUT2D eigenvalue weighted by molar-refractivity contribution is 0.0232. The first-order valence-corrected chi connectivity index (χ1v) is 8.09. The highest BCUT2D eigenvalue weighted by molar-refractivity contribution is 7.91. The number of sulfone groups is 1. The quantitative estimate of drug-likeness (QED) is 0.829. The van der Waals surface area contributed by atoms with Gasteiger partial charge < -0.3 is 5.11 Å². The van der Waals surface area contributed by atoms with Crippen LogP contribution in [-0.2, 0) is 9.84 Å². The zero-order valence-corrected chi connectivity index (χ0v) is 11.9. The standard InChI is InChI=1S/C14H22O3S/c1-3-14(15,4-2)11-8-12-18(16,17)13-9-6-5-7-10-13/h5-7,9-10,15H,3-4,8,11-12H2,1-2H3. The van der Waals surface area contributed by atoms with E-state index in [0.717, 1.165) is 0 Å². The summed E-state index contributed by atoms with van der Waals surface area (Å²) in [6.07, 6.45) is 2.35. The van der Waals surface area contributed by atoms with Crippen LogP contribution in [0.5, 0.6) is 0 Å². The first-order valence-electron chi connectivity index (χ1n) is 6.44. The Kier molecular flexibility index (Phi) is 5.35. The van der Waals surface area contributed by atoms with Crippen molar-refractivity contribution in [3.63, 3.8) is 0 Å². The second-order valence-electron chi connectivity index (χ2n) is 4.67. The number of aliphatic hydroxyl groups is 1. The second kappa shape index (κ2) is 6.34. The Labute approximate surface area is 110 Å². The maximum Gasteiger partial charge on any atom is 0.178 e. The molecule has 0 heterocycles. The van der Waals surface area contributed by atoms with E-state index in [4.69, 9.17) is 0 Å². The first kappa shape index (κ1) is 15.2. The third-order valence-electron chi connectivity index (χ3n) is 3.47. The van der Waals surface area contributed by atoms with Gasteiger partial charge in [0.2, 0.25) is 0 Å². The maximum atomic E-state index is 12.0. The largest absolute Gasteiger partial charge is 0.390 e. The minimum absolute atomic E-state index is 0.0966. The van der Waals surface area contributed by atoms with Crippen molar-refractivity contribution in [2.45, 2.75) is 50.0 Å². The third kappa shape index (κ3) is 4.10. The van der Waals surface area contributed by atoms with Gasteiger partial charge in [-0.15, -0.1) is 0 Å². The van der Waals surface area contributed by atoms with Crippen LogP contribution in [0.15, 0.2) is 35.2 Å². The van der Waals surface area contributed by atoms with Gasteiger partial charge in [-0.3, -0.25) is 0 Å². The molecule has 1 aromatic rings. The molecule has 0 saturated carbocycles. The highest BCUT2D eigenvalue weighted by atomic mass is 32.2. The summed E-state index contributed by atoms with van der Waals surface area (Å²) < 4.78 is 24.0. The summed E-state index contributed by atoms with van der Waals surface area (Å²) in [5.74, 6) is 0.0966. The van der Waals surface area contributed by atoms with Crippen molar-refractivity contribution in [1.82, 2.24) is 0 Å². The maximum absolute atomic E-state index is 12.0. The SMILES string of the molecule is CCC(O)(CC)CCCS(=O)(=O)c1ccccc1. The Bertz CT molecular complexity index is 447. The van der Waals surface area contributed by atoms with Crippen LogP contribution in [0.1, 0.15) is 39.5 Å². The summed E-state index contributed by atoms with van der Waals surface area (Å²) in [6.45, 7) is 3.85. The van der Waals surface area contributed by atoms with Crippen molar-refractivity contribution >= 4 is 9.84 Å². The van der Waals surface area contributed by atoms with Crippen LogP contribution in [-0.4, -0.2) is 24.9 Å². The van der Waals surface area contributed by atoms with Crippen LogP contribution in [0.2, 0.25) is 0 Å². The molecule has 3 nitrogen and oxygen atoms in total. The topological polar surface area (TPSA) is 54.4 Å². The van der Waals surface area contributed by atoms with Crippen LogP contribution in [0.25, 0.3) is 0 Å². The van der Waals surface area contributed by atoms with E-state index in [-0.39, 0.29) is 5.75 Å². The van der Waals surface area contributed by atoms with Crippen molar-refractivity contribution in [2.24, 2.45) is 0 Å². The Morgan fingerprint density at radius 3 is 2.17 bits per heavy atom. The molecule has 0 spiro atoms. The van der Waals surface area contributed by atoms with Crippen LogP contribution in [0.3, 0.4) is 0 Å². The molecule has 0 aliphatic rings. The Morgan fingerprint density at radius 2 is 1.67 bits per heavy atom. The van der Waals surface area contributed by atoms with Crippen molar-refractivity contribution < 1.29 is 13.5 Å². The summed E-state index contributed by atoms with van der Waals surface area (Å²) in [7, 11) is -3.21. The molecule has 4 heteroatoms. The molecular formula is C14H22O3S. The van der Waals surface area contributed by atoms with E-state index in [2.05, 4.69) is 0 Å². The number of rotatable bonds is 7. The van der Waals surface area contributed by atoms with Gasteiger partial charge in [-0.05, 0) is 37.8 Å².